The normalized spacial score (nSPS) is 37.6. The Morgan fingerprint density at radius 3 is 2.68 bits per heavy atom. The molecule has 2 heterocycles. The molecular formula is C18H26N6O. The molecule has 2 aromatic heterocycles. The maximum absolute atomic E-state index is 11.0. The van der Waals surface area contributed by atoms with Crippen molar-refractivity contribution in [3.8, 4) is 0 Å². The van der Waals surface area contributed by atoms with Crippen LogP contribution in [0.15, 0.2) is 6.20 Å². The van der Waals surface area contributed by atoms with Gasteiger partial charge in [0.1, 0.15) is 5.82 Å². The highest BCUT2D eigenvalue weighted by atomic mass is 16.3. The predicted molar refractivity (Wildman–Crippen MR) is 95.9 cm³/mol. The lowest BCUT2D eigenvalue weighted by Crippen LogP contribution is -2.60. The quantitative estimate of drug-likeness (QED) is 0.789. The maximum Gasteiger partial charge on any atom is 0.226 e. The summed E-state index contributed by atoms with van der Waals surface area (Å²) in [6, 6.07) is 0.204. The van der Waals surface area contributed by atoms with E-state index in [-0.39, 0.29) is 11.5 Å². The van der Waals surface area contributed by atoms with Crippen LogP contribution in [0.4, 0.5) is 11.8 Å². The fraction of sp³-hybridized carbons (Fsp3) is 0.722. The van der Waals surface area contributed by atoms with E-state index < -0.39 is 5.60 Å². The highest BCUT2D eigenvalue weighted by Gasteiger charge is 2.58. The summed E-state index contributed by atoms with van der Waals surface area (Å²) < 4.78 is 1.72. The number of rotatable bonds is 3. The van der Waals surface area contributed by atoms with Crippen LogP contribution in [0.1, 0.15) is 45.4 Å². The first-order valence-corrected chi connectivity index (χ1v) is 9.30. The SMILES string of the molecule is CC(Nc1nc(N)c2cnn(C)c2n1)C12CC3CC(CC(O)(C3)C1)C2. The van der Waals surface area contributed by atoms with Gasteiger partial charge in [-0.05, 0) is 62.7 Å². The van der Waals surface area contributed by atoms with E-state index in [2.05, 4.69) is 27.3 Å². The minimum absolute atomic E-state index is 0.137. The zero-order valence-corrected chi connectivity index (χ0v) is 14.9. The highest BCUT2D eigenvalue weighted by molar-refractivity contribution is 5.86. The summed E-state index contributed by atoms with van der Waals surface area (Å²) in [4.78, 5) is 9.06. The van der Waals surface area contributed by atoms with Crippen molar-refractivity contribution in [2.24, 2.45) is 24.3 Å². The highest BCUT2D eigenvalue weighted by Crippen LogP contribution is 2.62. The molecule has 0 radical (unpaired) electrons. The average Bonchev–Trinajstić information content (AvgIpc) is 2.87. The number of aliphatic hydroxyl groups is 1. The summed E-state index contributed by atoms with van der Waals surface area (Å²) in [5, 5.41) is 19.5. The first kappa shape index (κ1) is 15.4. The summed E-state index contributed by atoms with van der Waals surface area (Å²) in [6.45, 7) is 2.21. The largest absolute Gasteiger partial charge is 0.390 e. The fourth-order valence-electron chi connectivity index (χ4n) is 6.25. The van der Waals surface area contributed by atoms with Crippen LogP contribution in [-0.2, 0) is 7.05 Å². The van der Waals surface area contributed by atoms with E-state index in [1.165, 1.54) is 19.3 Å². The number of anilines is 2. The summed E-state index contributed by atoms with van der Waals surface area (Å²) in [7, 11) is 1.86. The van der Waals surface area contributed by atoms with Gasteiger partial charge in [0, 0.05) is 13.1 Å². The Kier molecular flexibility index (Phi) is 2.98. The number of aromatic nitrogens is 4. The third-order valence-electron chi connectivity index (χ3n) is 6.96. The van der Waals surface area contributed by atoms with E-state index in [0.717, 1.165) is 30.3 Å². The van der Waals surface area contributed by atoms with Crippen molar-refractivity contribution < 1.29 is 5.11 Å². The van der Waals surface area contributed by atoms with Crippen molar-refractivity contribution >= 4 is 22.8 Å². The lowest BCUT2D eigenvalue weighted by Gasteiger charge is -2.62. The third-order valence-corrected chi connectivity index (χ3v) is 6.96. The maximum atomic E-state index is 11.0. The summed E-state index contributed by atoms with van der Waals surface area (Å²) in [5.41, 5.74) is 6.52. The minimum atomic E-state index is -0.452. The Labute approximate surface area is 147 Å². The van der Waals surface area contributed by atoms with Gasteiger partial charge in [-0.3, -0.25) is 4.68 Å². The fourth-order valence-corrected chi connectivity index (χ4v) is 6.25. The van der Waals surface area contributed by atoms with Crippen LogP contribution in [-0.4, -0.2) is 36.5 Å². The van der Waals surface area contributed by atoms with Gasteiger partial charge in [0.15, 0.2) is 5.65 Å². The van der Waals surface area contributed by atoms with Crippen molar-refractivity contribution in [2.75, 3.05) is 11.1 Å². The van der Waals surface area contributed by atoms with Gasteiger partial charge in [0.2, 0.25) is 5.95 Å². The molecule has 0 amide bonds. The van der Waals surface area contributed by atoms with Gasteiger partial charge in [-0.15, -0.1) is 0 Å². The molecule has 4 fully saturated rings. The zero-order chi connectivity index (χ0) is 17.4. The molecule has 0 spiro atoms. The van der Waals surface area contributed by atoms with E-state index in [1.807, 2.05) is 7.05 Å². The van der Waals surface area contributed by atoms with Gasteiger partial charge in [-0.1, -0.05) is 0 Å². The number of hydrogen-bond acceptors (Lipinski definition) is 6. The predicted octanol–water partition coefficient (Wildman–Crippen LogP) is 2.08. The Hall–Kier alpha value is -1.89. The minimum Gasteiger partial charge on any atom is -0.390 e. The van der Waals surface area contributed by atoms with Gasteiger partial charge in [-0.2, -0.15) is 15.1 Å². The van der Waals surface area contributed by atoms with E-state index in [9.17, 15) is 5.11 Å². The topological polar surface area (TPSA) is 102 Å². The van der Waals surface area contributed by atoms with Gasteiger partial charge >= 0.3 is 0 Å². The number of nitrogens with zero attached hydrogens (tertiary/aromatic N) is 4. The molecule has 3 atom stereocenters. The van der Waals surface area contributed by atoms with Gasteiger partial charge in [0.25, 0.3) is 0 Å². The van der Waals surface area contributed by atoms with Crippen molar-refractivity contribution in [1.29, 1.82) is 0 Å². The summed E-state index contributed by atoms with van der Waals surface area (Å²) >= 11 is 0. The van der Waals surface area contributed by atoms with Gasteiger partial charge in [-0.25, -0.2) is 0 Å². The molecule has 4 aliphatic rings. The van der Waals surface area contributed by atoms with Crippen molar-refractivity contribution in [2.45, 2.75) is 57.1 Å². The van der Waals surface area contributed by atoms with Crippen LogP contribution in [0.5, 0.6) is 0 Å². The number of aryl methyl sites for hydroxylation is 1. The van der Waals surface area contributed by atoms with E-state index in [0.29, 0.717) is 23.6 Å². The molecule has 0 aliphatic heterocycles. The molecule has 7 heteroatoms. The van der Waals surface area contributed by atoms with Crippen LogP contribution in [0.2, 0.25) is 0 Å². The molecule has 7 nitrogen and oxygen atoms in total. The third kappa shape index (κ3) is 2.25. The van der Waals surface area contributed by atoms with E-state index in [1.54, 1.807) is 10.9 Å². The smallest absolute Gasteiger partial charge is 0.226 e. The van der Waals surface area contributed by atoms with Crippen LogP contribution >= 0.6 is 0 Å². The molecule has 0 aromatic carbocycles. The molecule has 0 saturated heterocycles. The summed E-state index contributed by atoms with van der Waals surface area (Å²) in [6.07, 6.45) is 8.26. The van der Waals surface area contributed by atoms with E-state index >= 15 is 0 Å². The van der Waals surface area contributed by atoms with Crippen molar-refractivity contribution in [3.05, 3.63) is 6.20 Å². The molecule has 134 valence electrons. The molecule has 4 bridgehead atoms. The van der Waals surface area contributed by atoms with Crippen LogP contribution in [0.25, 0.3) is 11.0 Å². The molecular weight excluding hydrogens is 316 g/mol. The second-order valence-electron chi connectivity index (χ2n) is 8.85. The standard InChI is InChI=1S/C18H26N6O/c1-10(17-4-11-3-12(5-17)7-18(25,6-11)9-17)21-16-22-14(19)13-8-20-24(2)15(13)23-16/h8,10-12,25H,3-7,9H2,1-2H3,(H3,19,21,22,23). The van der Waals surface area contributed by atoms with Crippen molar-refractivity contribution in [3.63, 3.8) is 0 Å². The lowest BCUT2D eigenvalue weighted by atomic mass is 9.46. The van der Waals surface area contributed by atoms with E-state index in [4.69, 9.17) is 5.73 Å². The second-order valence-corrected chi connectivity index (χ2v) is 8.85. The molecule has 6 rings (SSSR count). The zero-order valence-electron chi connectivity index (χ0n) is 14.9. The van der Waals surface area contributed by atoms with Crippen LogP contribution in [0, 0.1) is 17.3 Å². The van der Waals surface area contributed by atoms with Gasteiger partial charge in [0.05, 0.1) is 17.2 Å². The van der Waals surface area contributed by atoms with Crippen molar-refractivity contribution in [1.82, 2.24) is 19.7 Å². The van der Waals surface area contributed by atoms with Gasteiger partial charge < -0.3 is 16.2 Å². The number of nitrogen functional groups attached to an aromatic ring is 1. The molecule has 4 aliphatic carbocycles. The number of fused-ring (bicyclic) bond motifs is 1. The molecule has 4 N–H and O–H groups in total. The monoisotopic (exact) mass is 342 g/mol. The first-order chi connectivity index (χ1) is 11.9. The Morgan fingerprint density at radius 1 is 1.28 bits per heavy atom. The molecule has 4 saturated carbocycles. The van der Waals surface area contributed by atoms with Crippen LogP contribution < -0.4 is 11.1 Å². The second kappa shape index (κ2) is 4.84. The Morgan fingerprint density at radius 2 is 2.00 bits per heavy atom. The molecule has 25 heavy (non-hydrogen) atoms. The summed E-state index contributed by atoms with van der Waals surface area (Å²) in [5.74, 6) is 2.35. The molecule has 2 aromatic rings. The lowest BCUT2D eigenvalue weighted by molar-refractivity contribution is -0.167. The molecule has 3 unspecified atom stereocenters. The average molecular weight is 342 g/mol. The number of nitrogens with two attached hydrogens (primary N) is 1. The first-order valence-electron chi connectivity index (χ1n) is 9.30. The Bertz CT molecular complexity index is 831. The van der Waals surface area contributed by atoms with Crippen LogP contribution in [0.3, 0.4) is 0 Å². The number of nitrogens with one attached hydrogen (secondary N) is 1. The number of hydrogen-bond donors (Lipinski definition) is 3. The Balaban J connectivity index is 1.45.